The molecular formula is C17H22N4O5. The Balaban J connectivity index is 1.87. The lowest BCUT2D eigenvalue weighted by Crippen LogP contribution is -2.49. The molecule has 0 bridgehead atoms. The minimum absolute atomic E-state index is 0.0413. The van der Waals surface area contributed by atoms with Crippen molar-refractivity contribution in [2.24, 2.45) is 0 Å². The first-order valence-corrected chi connectivity index (χ1v) is 8.15. The van der Waals surface area contributed by atoms with Crippen LogP contribution in [0, 0.1) is 0 Å². The van der Waals surface area contributed by atoms with Gasteiger partial charge in [0.25, 0.3) is 5.91 Å². The topological polar surface area (TPSA) is 126 Å². The van der Waals surface area contributed by atoms with Crippen molar-refractivity contribution in [1.29, 1.82) is 0 Å². The van der Waals surface area contributed by atoms with Crippen LogP contribution in [0.25, 0.3) is 0 Å². The zero-order valence-corrected chi connectivity index (χ0v) is 14.8. The molecular weight excluding hydrogens is 340 g/mol. The van der Waals surface area contributed by atoms with E-state index in [9.17, 15) is 19.2 Å². The van der Waals surface area contributed by atoms with Crippen LogP contribution in [0.4, 0.5) is 10.5 Å². The average Bonchev–Trinajstić information content (AvgIpc) is 3.34. The molecule has 0 aliphatic heterocycles. The number of anilines is 1. The number of ether oxygens (including phenoxy) is 1. The Morgan fingerprint density at radius 2 is 1.73 bits per heavy atom. The summed E-state index contributed by atoms with van der Waals surface area (Å²) in [6.45, 7) is 5.20. The SMILES string of the molecule is CC(C)(C)OC(=O)Nc1cccc(C(=O)NNC(=O)C(=O)NC2CC2)c1. The summed E-state index contributed by atoms with van der Waals surface area (Å²) in [5.74, 6) is -2.38. The summed E-state index contributed by atoms with van der Waals surface area (Å²) in [7, 11) is 0. The first kappa shape index (κ1) is 19.2. The van der Waals surface area contributed by atoms with Crippen LogP contribution in [0.5, 0.6) is 0 Å². The first-order valence-electron chi connectivity index (χ1n) is 8.15. The molecule has 0 spiro atoms. The van der Waals surface area contributed by atoms with Gasteiger partial charge in [0.15, 0.2) is 0 Å². The van der Waals surface area contributed by atoms with E-state index in [0.717, 1.165) is 12.8 Å². The van der Waals surface area contributed by atoms with Gasteiger partial charge in [0.1, 0.15) is 5.60 Å². The lowest BCUT2D eigenvalue weighted by Gasteiger charge is -2.19. The van der Waals surface area contributed by atoms with E-state index >= 15 is 0 Å². The quantitative estimate of drug-likeness (QED) is 0.473. The second kappa shape index (κ2) is 7.85. The van der Waals surface area contributed by atoms with Crippen molar-refractivity contribution < 1.29 is 23.9 Å². The third-order valence-electron chi connectivity index (χ3n) is 3.18. The van der Waals surface area contributed by atoms with E-state index in [1.54, 1.807) is 32.9 Å². The van der Waals surface area contributed by atoms with Gasteiger partial charge in [-0.3, -0.25) is 30.6 Å². The van der Waals surface area contributed by atoms with Gasteiger partial charge in [-0.1, -0.05) is 6.07 Å². The van der Waals surface area contributed by atoms with Crippen LogP contribution in [0.2, 0.25) is 0 Å². The largest absolute Gasteiger partial charge is 0.444 e. The van der Waals surface area contributed by atoms with Crippen molar-refractivity contribution >= 4 is 29.5 Å². The summed E-state index contributed by atoms with van der Waals surface area (Å²) in [4.78, 5) is 46.9. The van der Waals surface area contributed by atoms with E-state index in [0.29, 0.717) is 5.69 Å². The number of carbonyl (C=O) groups excluding carboxylic acids is 4. The Kier molecular flexibility index (Phi) is 5.81. The van der Waals surface area contributed by atoms with Gasteiger partial charge in [0.2, 0.25) is 0 Å². The molecule has 140 valence electrons. The third kappa shape index (κ3) is 6.42. The number of hydrogen-bond acceptors (Lipinski definition) is 5. The van der Waals surface area contributed by atoms with Gasteiger partial charge in [-0.05, 0) is 51.8 Å². The molecule has 0 unspecified atom stereocenters. The fraction of sp³-hybridized carbons (Fsp3) is 0.412. The Morgan fingerprint density at radius 3 is 2.35 bits per heavy atom. The predicted octanol–water partition coefficient (Wildman–Crippen LogP) is 1.07. The zero-order valence-electron chi connectivity index (χ0n) is 14.8. The lowest BCUT2D eigenvalue weighted by atomic mass is 10.2. The van der Waals surface area contributed by atoms with Gasteiger partial charge in [0.05, 0.1) is 0 Å². The zero-order chi connectivity index (χ0) is 19.3. The van der Waals surface area contributed by atoms with Crippen molar-refractivity contribution in [2.45, 2.75) is 45.3 Å². The van der Waals surface area contributed by atoms with Crippen LogP contribution in [0.15, 0.2) is 24.3 Å². The summed E-state index contributed by atoms with van der Waals surface area (Å²) in [5.41, 5.74) is 4.08. The Bertz CT molecular complexity index is 722. The molecule has 1 saturated carbocycles. The number of rotatable bonds is 3. The molecule has 1 fully saturated rings. The molecule has 1 aromatic rings. The number of hydrogen-bond donors (Lipinski definition) is 4. The molecule has 0 aromatic heterocycles. The molecule has 4 N–H and O–H groups in total. The molecule has 26 heavy (non-hydrogen) atoms. The molecule has 1 aliphatic rings. The molecule has 0 saturated heterocycles. The van der Waals surface area contributed by atoms with Gasteiger partial charge in [-0.2, -0.15) is 0 Å². The third-order valence-corrected chi connectivity index (χ3v) is 3.18. The monoisotopic (exact) mass is 362 g/mol. The van der Waals surface area contributed by atoms with Crippen LogP contribution in [-0.2, 0) is 14.3 Å². The van der Waals surface area contributed by atoms with Gasteiger partial charge < -0.3 is 10.1 Å². The summed E-state index contributed by atoms with van der Waals surface area (Å²) in [6.07, 6.45) is 1.05. The van der Waals surface area contributed by atoms with E-state index in [4.69, 9.17) is 4.74 Å². The highest BCUT2D eigenvalue weighted by Crippen LogP contribution is 2.18. The van der Waals surface area contributed by atoms with E-state index in [1.165, 1.54) is 12.1 Å². The molecule has 9 nitrogen and oxygen atoms in total. The van der Waals surface area contributed by atoms with Gasteiger partial charge in [0, 0.05) is 17.3 Å². The number of amides is 4. The van der Waals surface area contributed by atoms with Crippen LogP contribution in [0.3, 0.4) is 0 Å². The fourth-order valence-corrected chi connectivity index (χ4v) is 1.88. The highest BCUT2D eigenvalue weighted by atomic mass is 16.6. The minimum atomic E-state index is -0.951. The molecule has 0 heterocycles. The van der Waals surface area contributed by atoms with Gasteiger partial charge in [-0.15, -0.1) is 0 Å². The Morgan fingerprint density at radius 1 is 1.04 bits per heavy atom. The van der Waals surface area contributed by atoms with Crippen LogP contribution >= 0.6 is 0 Å². The second-order valence-electron chi connectivity index (χ2n) is 6.86. The highest BCUT2D eigenvalue weighted by molar-refractivity contribution is 6.35. The smallest absolute Gasteiger partial charge is 0.412 e. The maximum atomic E-state index is 12.1. The standard InChI is InChI=1S/C17H22N4O5/c1-17(2,3)26-16(25)19-12-6-4-5-10(9-12)13(22)20-21-15(24)14(23)18-11-7-8-11/h4-6,9,11H,7-8H2,1-3H3,(H,18,23)(H,19,25)(H,20,22)(H,21,24). The molecule has 2 rings (SSSR count). The number of benzene rings is 1. The minimum Gasteiger partial charge on any atom is -0.444 e. The van der Waals surface area contributed by atoms with Crippen LogP contribution < -0.4 is 21.5 Å². The molecule has 0 radical (unpaired) electrons. The maximum Gasteiger partial charge on any atom is 0.412 e. The van der Waals surface area contributed by atoms with E-state index in [2.05, 4.69) is 16.1 Å². The summed E-state index contributed by atoms with van der Waals surface area (Å²) >= 11 is 0. The molecule has 4 amide bonds. The van der Waals surface area contributed by atoms with Crippen LogP contribution in [0.1, 0.15) is 44.0 Å². The number of carbonyl (C=O) groups is 4. The molecule has 1 aromatic carbocycles. The normalized spacial score (nSPS) is 13.3. The van der Waals surface area contributed by atoms with Crippen molar-refractivity contribution in [3.63, 3.8) is 0 Å². The van der Waals surface area contributed by atoms with Gasteiger partial charge >= 0.3 is 17.9 Å². The predicted molar refractivity (Wildman–Crippen MR) is 93.1 cm³/mol. The van der Waals surface area contributed by atoms with Crippen molar-refractivity contribution in [3.05, 3.63) is 29.8 Å². The lowest BCUT2D eigenvalue weighted by molar-refractivity contribution is -0.139. The average molecular weight is 362 g/mol. The second-order valence-corrected chi connectivity index (χ2v) is 6.86. The summed E-state index contributed by atoms with van der Waals surface area (Å²) in [6, 6.07) is 6.09. The molecule has 1 aliphatic carbocycles. The highest BCUT2D eigenvalue weighted by Gasteiger charge is 2.26. The van der Waals surface area contributed by atoms with E-state index in [1.807, 2.05) is 5.43 Å². The molecule has 0 atom stereocenters. The van der Waals surface area contributed by atoms with Crippen molar-refractivity contribution in [3.8, 4) is 0 Å². The Labute approximate surface area is 150 Å². The maximum absolute atomic E-state index is 12.1. The van der Waals surface area contributed by atoms with E-state index in [-0.39, 0.29) is 11.6 Å². The number of nitrogens with one attached hydrogen (secondary N) is 4. The molecule has 9 heteroatoms. The van der Waals surface area contributed by atoms with Gasteiger partial charge in [-0.25, -0.2) is 4.79 Å². The fourth-order valence-electron chi connectivity index (χ4n) is 1.88. The van der Waals surface area contributed by atoms with Crippen molar-refractivity contribution in [1.82, 2.24) is 16.2 Å². The summed E-state index contributed by atoms with van der Waals surface area (Å²) in [5, 5.41) is 5.02. The number of hydrazine groups is 1. The van der Waals surface area contributed by atoms with Crippen molar-refractivity contribution in [2.75, 3.05) is 5.32 Å². The van der Waals surface area contributed by atoms with E-state index < -0.39 is 29.4 Å². The first-order chi connectivity index (χ1) is 12.1. The van der Waals surface area contributed by atoms with Crippen LogP contribution in [-0.4, -0.2) is 35.5 Å². The Hall–Kier alpha value is -3.10. The summed E-state index contributed by atoms with van der Waals surface area (Å²) < 4.78 is 5.13.